The fraction of sp³-hybridized carbons (Fsp3) is 0.200. The van der Waals surface area contributed by atoms with E-state index in [4.69, 9.17) is 0 Å². The Morgan fingerprint density at radius 3 is 2.69 bits per heavy atom. The van der Waals surface area contributed by atoms with Crippen molar-refractivity contribution in [1.82, 2.24) is 9.55 Å². The number of ether oxygens (including phenoxy) is 1. The molecule has 0 spiro atoms. The third kappa shape index (κ3) is 3.91. The van der Waals surface area contributed by atoms with Crippen molar-refractivity contribution in [3.8, 4) is 5.75 Å². The highest BCUT2D eigenvalue weighted by Gasteiger charge is 2.31. The molecule has 2 heterocycles. The lowest BCUT2D eigenvalue weighted by Gasteiger charge is -2.09. The third-order valence-corrected chi connectivity index (χ3v) is 5.64. The predicted octanol–water partition coefficient (Wildman–Crippen LogP) is 5.13. The van der Waals surface area contributed by atoms with Crippen molar-refractivity contribution in [3.63, 3.8) is 0 Å². The van der Waals surface area contributed by atoms with Gasteiger partial charge in [0.1, 0.15) is 10.8 Å². The van der Waals surface area contributed by atoms with Crippen molar-refractivity contribution in [3.05, 3.63) is 58.7 Å². The number of hydrogen-bond acceptors (Lipinski definition) is 4. The number of carbonyl (C=O) groups is 1. The molecule has 0 aliphatic rings. The van der Waals surface area contributed by atoms with Crippen LogP contribution in [0.25, 0.3) is 21.1 Å². The van der Waals surface area contributed by atoms with E-state index in [1.54, 1.807) is 6.92 Å². The average molecular weight is 420 g/mol. The lowest BCUT2D eigenvalue weighted by atomic mass is 10.1. The molecule has 0 aliphatic heterocycles. The number of thiazole rings is 1. The van der Waals surface area contributed by atoms with Gasteiger partial charge in [0.25, 0.3) is 0 Å². The van der Waals surface area contributed by atoms with Crippen LogP contribution in [0.5, 0.6) is 5.75 Å². The molecule has 2 aromatic carbocycles. The van der Waals surface area contributed by atoms with Gasteiger partial charge in [-0.1, -0.05) is 12.1 Å². The second-order valence-corrected chi connectivity index (χ2v) is 7.64. The number of hydrogen-bond donors (Lipinski definition) is 1. The first-order chi connectivity index (χ1) is 13.7. The monoisotopic (exact) mass is 420 g/mol. The van der Waals surface area contributed by atoms with Crippen LogP contribution in [0.3, 0.4) is 0 Å². The predicted molar refractivity (Wildman–Crippen MR) is 103 cm³/mol. The van der Waals surface area contributed by atoms with E-state index in [1.165, 1.54) is 29.5 Å². The minimum Gasteiger partial charge on any atom is -0.481 e. The molecule has 0 saturated heterocycles. The highest BCUT2D eigenvalue weighted by atomic mass is 32.1. The molecule has 0 radical (unpaired) electrons. The molecule has 0 amide bonds. The number of carboxylic acid groups (broad SMARTS) is 1. The Hall–Kier alpha value is -3.07. The van der Waals surface area contributed by atoms with Gasteiger partial charge in [0.15, 0.2) is 0 Å². The molecule has 0 atom stereocenters. The molecule has 0 unspecified atom stereocenters. The van der Waals surface area contributed by atoms with Gasteiger partial charge in [-0.25, -0.2) is 4.98 Å². The Morgan fingerprint density at radius 2 is 2.00 bits per heavy atom. The molecule has 29 heavy (non-hydrogen) atoms. The lowest BCUT2D eigenvalue weighted by Crippen LogP contribution is -2.17. The first-order valence-corrected chi connectivity index (χ1v) is 9.46. The van der Waals surface area contributed by atoms with Gasteiger partial charge in [-0.05, 0) is 42.8 Å². The second kappa shape index (κ2) is 7.07. The number of carboxylic acids is 1. The quantitative estimate of drug-likeness (QED) is 0.486. The Labute approximate surface area is 167 Å². The van der Waals surface area contributed by atoms with E-state index in [2.05, 4.69) is 9.72 Å². The summed E-state index contributed by atoms with van der Waals surface area (Å²) in [7, 11) is 0. The molecule has 0 bridgehead atoms. The molecule has 4 rings (SSSR count). The zero-order valence-electron chi connectivity index (χ0n) is 15.2. The normalized spacial score (nSPS) is 12.0. The summed E-state index contributed by atoms with van der Waals surface area (Å²) in [5.41, 5.74) is 2.63. The zero-order valence-corrected chi connectivity index (χ0v) is 16.0. The maximum atomic E-state index is 12.6. The van der Waals surface area contributed by atoms with E-state index in [-0.39, 0.29) is 12.2 Å². The molecule has 0 aliphatic carbocycles. The zero-order chi connectivity index (χ0) is 20.8. The van der Waals surface area contributed by atoms with Gasteiger partial charge in [-0.15, -0.1) is 24.5 Å². The topological polar surface area (TPSA) is 64.3 Å². The van der Waals surface area contributed by atoms with Crippen molar-refractivity contribution in [2.24, 2.45) is 0 Å². The van der Waals surface area contributed by atoms with Gasteiger partial charge >= 0.3 is 12.3 Å². The summed E-state index contributed by atoms with van der Waals surface area (Å²) in [6.07, 6.45) is -5.12. The summed E-state index contributed by atoms with van der Waals surface area (Å²) in [4.78, 5) is 15.9. The molecule has 5 nitrogen and oxygen atoms in total. The molecule has 0 fully saturated rings. The molecule has 2 aromatic heterocycles. The molecular weight excluding hydrogens is 405 g/mol. The summed E-state index contributed by atoms with van der Waals surface area (Å²) in [6.45, 7) is 2.15. The third-order valence-electron chi connectivity index (χ3n) is 4.62. The van der Waals surface area contributed by atoms with E-state index < -0.39 is 12.3 Å². The van der Waals surface area contributed by atoms with Gasteiger partial charge in [0.2, 0.25) is 0 Å². The van der Waals surface area contributed by atoms with Crippen LogP contribution >= 0.6 is 11.3 Å². The minimum absolute atomic E-state index is 0.301. The van der Waals surface area contributed by atoms with Crippen LogP contribution in [0.2, 0.25) is 0 Å². The Kier molecular flexibility index (Phi) is 4.70. The number of rotatable bonds is 5. The molecule has 0 saturated carbocycles. The second-order valence-electron chi connectivity index (χ2n) is 6.52. The number of aliphatic carboxylic acids is 1. The van der Waals surface area contributed by atoms with E-state index >= 15 is 0 Å². The molecular formula is C20H15F3N2O3S. The first-order valence-electron chi connectivity index (χ1n) is 8.65. The van der Waals surface area contributed by atoms with Crippen LogP contribution in [0.1, 0.15) is 16.3 Å². The fourth-order valence-corrected chi connectivity index (χ4v) is 4.39. The van der Waals surface area contributed by atoms with E-state index in [0.29, 0.717) is 28.7 Å². The SMILES string of the molecule is Cc1c(CC(=O)O)c2cc(OC(F)(F)F)ccc2n1Cc1nc2ccccc2s1. The smallest absolute Gasteiger partial charge is 0.481 e. The number of aromatic nitrogens is 2. The highest BCUT2D eigenvalue weighted by Crippen LogP contribution is 2.33. The maximum Gasteiger partial charge on any atom is 0.573 e. The van der Waals surface area contributed by atoms with Crippen molar-refractivity contribution < 1.29 is 27.8 Å². The summed E-state index contributed by atoms with van der Waals surface area (Å²) >= 11 is 1.52. The molecule has 4 aromatic rings. The maximum absolute atomic E-state index is 12.6. The first kappa shape index (κ1) is 19.3. The summed E-state index contributed by atoms with van der Waals surface area (Å²) in [6, 6.07) is 11.7. The van der Waals surface area contributed by atoms with E-state index in [1.807, 2.05) is 28.8 Å². The van der Waals surface area contributed by atoms with Gasteiger partial charge in [0, 0.05) is 16.6 Å². The van der Waals surface area contributed by atoms with E-state index in [9.17, 15) is 23.1 Å². The number of fused-ring (bicyclic) bond motifs is 2. The van der Waals surface area contributed by atoms with Gasteiger partial charge in [0.05, 0.1) is 23.2 Å². The summed E-state index contributed by atoms with van der Waals surface area (Å²) in [5.74, 6) is -1.44. The van der Waals surface area contributed by atoms with Crippen molar-refractivity contribution >= 4 is 38.4 Å². The standard InChI is InChI=1S/C20H15F3N2O3S/c1-11-13(9-19(26)27)14-8-12(28-20(21,22)23)6-7-16(14)25(11)10-18-24-15-4-2-3-5-17(15)29-18/h2-8H,9-10H2,1H3,(H,26,27). The number of para-hydroxylation sites is 1. The highest BCUT2D eigenvalue weighted by molar-refractivity contribution is 7.18. The van der Waals surface area contributed by atoms with Gasteiger partial charge in [-0.3, -0.25) is 4.79 Å². The summed E-state index contributed by atoms with van der Waals surface area (Å²) in [5, 5.41) is 10.5. The summed E-state index contributed by atoms with van der Waals surface area (Å²) < 4.78 is 44.7. The Morgan fingerprint density at radius 1 is 1.24 bits per heavy atom. The van der Waals surface area contributed by atoms with Crippen molar-refractivity contribution in [2.75, 3.05) is 0 Å². The van der Waals surface area contributed by atoms with Crippen LogP contribution in [0.15, 0.2) is 42.5 Å². The number of benzene rings is 2. The molecule has 150 valence electrons. The number of alkyl halides is 3. The Bertz CT molecular complexity index is 1190. The number of halogens is 3. The van der Waals surface area contributed by atoms with Crippen LogP contribution in [-0.2, 0) is 17.8 Å². The lowest BCUT2D eigenvalue weighted by molar-refractivity contribution is -0.274. The van der Waals surface area contributed by atoms with Crippen molar-refractivity contribution in [2.45, 2.75) is 26.3 Å². The van der Waals surface area contributed by atoms with Gasteiger partial charge < -0.3 is 14.4 Å². The fourth-order valence-electron chi connectivity index (χ4n) is 3.43. The molecule has 9 heteroatoms. The number of nitrogens with zero attached hydrogens (tertiary/aromatic N) is 2. The van der Waals surface area contributed by atoms with Gasteiger partial charge in [-0.2, -0.15) is 0 Å². The van der Waals surface area contributed by atoms with E-state index in [0.717, 1.165) is 15.2 Å². The molecule has 1 N–H and O–H groups in total. The van der Waals surface area contributed by atoms with Crippen LogP contribution < -0.4 is 4.74 Å². The average Bonchev–Trinajstić information content (AvgIpc) is 3.14. The van der Waals surface area contributed by atoms with Crippen LogP contribution in [-0.4, -0.2) is 27.0 Å². The van der Waals surface area contributed by atoms with Crippen LogP contribution in [0.4, 0.5) is 13.2 Å². The minimum atomic E-state index is -4.82. The largest absolute Gasteiger partial charge is 0.573 e. The van der Waals surface area contributed by atoms with Crippen LogP contribution in [0, 0.1) is 6.92 Å². The Balaban J connectivity index is 1.82. The van der Waals surface area contributed by atoms with Crippen molar-refractivity contribution in [1.29, 1.82) is 0 Å².